The molecule has 2 aromatic rings. The number of anilines is 1. The fourth-order valence-corrected chi connectivity index (χ4v) is 5.93. The third-order valence-electron chi connectivity index (χ3n) is 4.41. The predicted octanol–water partition coefficient (Wildman–Crippen LogP) is 2.10. The summed E-state index contributed by atoms with van der Waals surface area (Å²) in [5.41, 5.74) is 1.29. The molecule has 1 fully saturated rings. The average Bonchev–Trinajstić information content (AvgIpc) is 2.89. The molecule has 2 aromatic carbocycles. The van der Waals surface area contributed by atoms with Crippen LogP contribution in [0.2, 0.25) is 0 Å². The van der Waals surface area contributed by atoms with E-state index in [-0.39, 0.29) is 22.8 Å². The minimum absolute atomic E-state index is 0.0378. The Kier molecular flexibility index (Phi) is 5.11. The lowest BCUT2D eigenvalue weighted by atomic mass is 10.1. The second-order valence-corrected chi connectivity index (χ2v) is 10.0. The molecule has 1 heterocycles. The normalized spacial score (nSPS) is 17.9. The van der Waals surface area contributed by atoms with Gasteiger partial charge in [-0.25, -0.2) is 25.9 Å². The lowest BCUT2D eigenvalue weighted by Gasteiger charge is -2.19. The number of amides is 1. The highest BCUT2D eigenvalue weighted by Gasteiger charge is 2.37. The molecule has 1 aliphatic heterocycles. The third-order valence-corrected chi connectivity index (χ3v) is 7.78. The SMILES string of the molecule is Cc1ccc(N2C(=O)CCS2(=O)=O)cc1S(=O)(=O)NC(C)c1ccccc1. The Labute approximate surface area is 159 Å². The number of nitrogens with zero attached hydrogens (tertiary/aromatic N) is 1. The van der Waals surface area contributed by atoms with E-state index in [9.17, 15) is 21.6 Å². The zero-order valence-electron chi connectivity index (χ0n) is 14.9. The van der Waals surface area contributed by atoms with Gasteiger partial charge in [-0.1, -0.05) is 36.4 Å². The van der Waals surface area contributed by atoms with Crippen LogP contribution in [0.1, 0.15) is 30.5 Å². The number of rotatable bonds is 5. The van der Waals surface area contributed by atoms with E-state index >= 15 is 0 Å². The topological polar surface area (TPSA) is 101 Å². The van der Waals surface area contributed by atoms with E-state index in [1.54, 1.807) is 13.8 Å². The van der Waals surface area contributed by atoms with Crippen molar-refractivity contribution in [1.29, 1.82) is 0 Å². The van der Waals surface area contributed by atoms with Gasteiger partial charge in [-0.05, 0) is 37.1 Å². The molecule has 1 N–H and O–H groups in total. The van der Waals surface area contributed by atoms with E-state index in [0.717, 1.165) is 5.56 Å². The molecule has 1 unspecified atom stereocenters. The molecule has 1 saturated heterocycles. The van der Waals surface area contributed by atoms with E-state index in [0.29, 0.717) is 9.87 Å². The highest BCUT2D eigenvalue weighted by Crippen LogP contribution is 2.29. The van der Waals surface area contributed by atoms with Crippen LogP contribution < -0.4 is 9.03 Å². The van der Waals surface area contributed by atoms with Crippen LogP contribution in [0.15, 0.2) is 53.4 Å². The number of nitrogens with one attached hydrogen (secondary N) is 1. The van der Waals surface area contributed by atoms with Gasteiger partial charge in [-0.2, -0.15) is 0 Å². The molecule has 9 heteroatoms. The summed E-state index contributed by atoms with van der Waals surface area (Å²) < 4.78 is 53.3. The van der Waals surface area contributed by atoms with Gasteiger partial charge >= 0.3 is 0 Å². The summed E-state index contributed by atoms with van der Waals surface area (Å²) in [6.07, 6.45) is -0.110. The quantitative estimate of drug-likeness (QED) is 0.817. The van der Waals surface area contributed by atoms with Crippen LogP contribution in [0.3, 0.4) is 0 Å². The summed E-state index contributed by atoms with van der Waals surface area (Å²) in [7, 11) is -7.69. The monoisotopic (exact) mass is 408 g/mol. The molecule has 0 spiro atoms. The Hall–Kier alpha value is -2.23. The van der Waals surface area contributed by atoms with Gasteiger partial charge in [0.05, 0.1) is 16.3 Å². The summed E-state index contributed by atoms with van der Waals surface area (Å²) in [4.78, 5) is 11.9. The zero-order valence-corrected chi connectivity index (χ0v) is 16.5. The van der Waals surface area contributed by atoms with Crippen LogP contribution >= 0.6 is 0 Å². The van der Waals surface area contributed by atoms with Crippen LogP contribution in [-0.2, 0) is 24.8 Å². The first-order valence-corrected chi connectivity index (χ1v) is 11.4. The number of sulfonamides is 2. The van der Waals surface area contributed by atoms with E-state index in [2.05, 4.69) is 4.72 Å². The number of benzene rings is 2. The maximum absolute atomic E-state index is 12.9. The minimum Gasteiger partial charge on any atom is -0.273 e. The summed E-state index contributed by atoms with van der Waals surface area (Å²) in [6, 6.07) is 12.8. The second kappa shape index (κ2) is 7.06. The Bertz CT molecular complexity index is 1080. The van der Waals surface area contributed by atoms with Gasteiger partial charge in [0.2, 0.25) is 26.0 Å². The van der Waals surface area contributed by atoms with Gasteiger partial charge in [0.15, 0.2) is 0 Å². The first-order chi connectivity index (χ1) is 12.6. The van der Waals surface area contributed by atoms with E-state index in [1.807, 2.05) is 30.3 Å². The smallest absolute Gasteiger partial charge is 0.242 e. The Morgan fingerprint density at radius 2 is 1.78 bits per heavy atom. The van der Waals surface area contributed by atoms with Gasteiger partial charge in [0, 0.05) is 12.5 Å². The molecule has 7 nitrogen and oxygen atoms in total. The number of hydrogen-bond acceptors (Lipinski definition) is 5. The highest BCUT2D eigenvalue weighted by molar-refractivity contribution is 7.94. The number of aryl methyl sites for hydroxylation is 1. The van der Waals surface area contributed by atoms with Crippen molar-refractivity contribution in [2.75, 3.05) is 10.1 Å². The van der Waals surface area contributed by atoms with Gasteiger partial charge in [-0.15, -0.1) is 0 Å². The highest BCUT2D eigenvalue weighted by atomic mass is 32.2. The molecule has 144 valence electrons. The van der Waals surface area contributed by atoms with Crippen molar-refractivity contribution in [3.8, 4) is 0 Å². The van der Waals surface area contributed by atoms with Crippen LogP contribution in [0.25, 0.3) is 0 Å². The number of hydrogen-bond donors (Lipinski definition) is 1. The lowest BCUT2D eigenvalue weighted by molar-refractivity contribution is -0.116. The van der Waals surface area contributed by atoms with Crippen molar-refractivity contribution in [3.63, 3.8) is 0 Å². The molecular formula is C18H20N2O5S2. The predicted molar refractivity (Wildman–Crippen MR) is 102 cm³/mol. The third kappa shape index (κ3) is 3.90. The number of carbonyl (C=O) groups is 1. The Morgan fingerprint density at radius 1 is 1.11 bits per heavy atom. The van der Waals surface area contributed by atoms with Gasteiger partial charge in [0.1, 0.15) is 0 Å². The first kappa shape index (κ1) is 19.5. The van der Waals surface area contributed by atoms with Gasteiger partial charge in [-0.3, -0.25) is 4.79 Å². The van der Waals surface area contributed by atoms with Crippen molar-refractivity contribution in [1.82, 2.24) is 4.72 Å². The maximum atomic E-state index is 12.9. The Morgan fingerprint density at radius 3 is 2.37 bits per heavy atom. The molecule has 1 amide bonds. The summed E-state index contributed by atoms with van der Waals surface area (Å²) >= 11 is 0. The molecule has 1 aliphatic rings. The molecule has 0 aliphatic carbocycles. The maximum Gasteiger partial charge on any atom is 0.242 e. The van der Waals surface area contributed by atoms with Crippen LogP contribution in [0.5, 0.6) is 0 Å². The van der Waals surface area contributed by atoms with Crippen molar-refractivity contribution in [2.24, 2.45) is 0 Å². The average molecular weight is 409 g/mol. The van der Waals surface area contributed by atoms with E-state index in [1.165, 1.54) is 18.2 Å². The van der Waals surface area contributed by atoms with Gasteiger partial charge < -0.3 is 0 Å². The van der Waals surface area contributed by atoms with Crippen molar-refractivity contribution >= 4 is 31.6 Å². The zero-order chi connectivity index (χ0) is 19.8. The standard InChI is InChI=1S/C18H20N2O5S2/c1-13-8-9-16(20-18(21)10-11-26(20,22)23)12-17(13)27(24,25)19-14(2)15-6-4-3-5-7-15/h3-9,12,14,19H,10-11H2,1-2H3. The van der Waals surface area contributed by atoms with Gasteiger partial charge in [0.25, 0.3) is 0 Å². The largest absolute Gasteiger partial charge is 0.273 e. The molecule has 0 aromatic heterocycles. The van der Waals surface area contributed by atoms with E-state index < -0.39 is 32.0 Å². The molecule has 1 atom stereocenters. The fourth-order valence-electron chi connectivity index (χ4n) is 2.98. The molecule has 0 bridgehead atoms. The summed E-state index contributed by atoms with van der Waals surface area (Å²) in [6.45, 7) is 3.34. The molecule has 3 rings (SSSR count). The Balaban J connectivity index is 1.97. The van der Waals surface area contributed by atoms with Crippen molar-refractivity contribution in [2.45, 2.75) is 31.2 Å². The molecule has 27 heavy (non-hydrogen) atoms. The second-order valence-electron chi connectivity index (χ2n) is 6.43. The molecular weight excluding hydrogens is 388 g/mol. The van der Waals surface area contributed by atoms with E-state index in [4.69, 9.17) is 0 Å². The summed E-state index contributed by atoms with van der Waals surface area (Å²) in [5.74, 6) is -0.835. The number of carbonyl (C=O) groups excluding carboxylic acids is 1. The lowest BCUT2D eigenvalue weighted by Crippen LogP contribution is -2.30. The molecule has 0 radical (unpaired) electrons. The molecule has 0 saturated carbocycles. The minimum atomic E-state index is -3.93. The first-order valence-electron chi connectivity index (χ1n) is 8.35. The van der Waals surface area contributed by atoms with Crippen LogP contribution in [-0.4, -0.2) is 28.5 Å². The summed E-state index contributed by atoms with van der Waals surface area (Å²) in [5, 5.41) is 0. The van der Waals surface area contributed by atoms with Crippen LogP contribution in [0.4, 0.5) is 5.69 Å². The fraction of sp³-hybridized carbons (Fsp3) is 0.278. The van der Waals surface area contributed by atoms with Crippen molar-refractivity contribution in [3.05, 3.63) is 59.7 Å². The van der Waals surface area contributed by atoms with Crippen molar-refractivity contribution < 1.29 is 21.6 Å². The van der Waals surface area contributed by atoms with Crippen LogP contribution in [0, 0.1) is 6.92 Å².